The Hall–Kier alpha value is -3.45. The van der Waals surface area contributed by atoms with Crippen molar-refractivity contribution < 1.29 is 9.53 Å². The molecule has 0 fully saturated rings. The zero-order valence-electron chi connectivity index (χ0n) is 18.6. The van der Waals surface area contributed by atoms with E-state index in [0.717, 1.165) is 41.8 Å². The smallest absolute Gasteiger partial charge is 0.263 e. The van der Waals surface area contributed by atoms with E-state index in [1.807, 2.05) is 30.3 Å². The summed E-state index contributed by atoms with van der Waals surface area (Å²) in [6.07, 6.45) is 4.16. The molecule has 0 bridgehead atoms. The molecule has 7 heteroatoms. The lowest BCUT2D eigenvalue weighted by Crippen LogP contribution is -2.34. The molecule has 1 atom stereocenters. The number of anilines is 1. The molecule has 4 aromatic rings. The van der Waals surface area contributed by atoms with Gasteiger partial charge in [-0.25, -0.2) is 4.98 Å². The minimum atomic E-state index is -0.686. The predicted octanol–water partition coefficient (Wildman–Crippen LogP) is 5.64. The van der Waals surface area contributed by atoms with Crippen LogP contribution in [0.5, 0.6) is 11.5 Å². The number of nitrogens with zero attached hydrogens (tertiary/aromatic N) is 2. The van der Waals surface area contributed by atoms with E-state index >= 15 is 0 Å². The first-order chi connectivity index (χ1) is 16.0. The molecular weight excluding hydrogens is 434 g/mol. The Kier molecular flexibility index (Phi) is 5.72. The number of hydrogen-bond donors (Lipinski definition) is 1. The number of benzene rings is 2. The Bertz CT molecular complexity index is 1370. The summed E-state index contributed by atoms with van der Waals surface area (Å²) in [4.78, 5) is 33.2. The molecule has 33 heavy (non-hydrogen) atoms. The maximum absolute atomic E-state index is 13.4. The zero-order valence-corrected chi connectivity index (χ0v) is 19.4. The highest BCUT2D eigenvalue weighted by atomic mass is 32.1. The number of para-hydroxylation sites is 1. The van der Waals surface area contributed by atoms with Crippen molar-refractivity contribution in [3.8, 4) is 11.5 Å². The van der Waals surface area contributed by atoms with Crippen LogP contribution >= 0.6 is 11.3 Å². The average Bonchev–Trinajstić information content (AvgIpc) is 3.19. The molecule has 0 radical (unpaired) electrons. The van der Waals surface area contributed by atoms with Gasteiger partial charge in [-0.05, 0) is 81.5 Å². The number of carbonyl (C=O) groups excluding carboxylic acids is 1. The van der Waals surface area contributed by atoms with E-state index in [1.54, 1.807) is 49.4 Å². The third-order valence-corrected chi connectivity index (χ3v) is 7.25. The molecule has 2 heterocycles. The van der Waals surface area contributed by atoms with E-state index in [-0.39, 0.29) is 11.5 Å². The fourth-order valence-corrected chi connectivity index (χ4v) is 5.67. The van der Waals surface area contributed by atoms with Gasteiger partial charge in [0.25, 0.3) is 5.56 Å². The molecule has 6 nitrogen and oxygen atoms in total. The van der Waals surface area contributed by atoms with E-state index in [0.29, 0.717) is 22.6 Å². The standard InChI is InChI=1S/C26H25N3O3S/c1-16(24(30)28-18-12-14-20(15-13-18)32-19-8-4-3-5-9-19)29-17(2)27-25-23(26(29)31)21-10-6-7-11-22(21)33-25/h3-5,8-9,12-16H,6-7,10-11H2,1-2H3,(H,28,30). The summed E-state index contributed by atoms with van der Waals surface area (Å²) in [5.41, 5.74) is 1.65. The van der Waals surface area contributed by atoms with Crippen molar-refractivity contribution >= 4 is 33.1 Å². The van der Waals surface area contributed by atoms with Crippen LogP contribution in [0.1, 0.15) is 42.1 Å². The van der Waals surface area contributed by atoms with Crippen molar-refractivity contribution in [1.29, 1.82) is 0 Å². The van der Waals surface area contributed by atoms with Gasteiger partial charge in [-0.15, -0.1) is 11.3 Å². The third-order valence-electron chi connectivity index (χ3n) is 6.06. The fourth-order valence-electron chi connectivity index (χ4n) is 4.37. The normalized spacial score (nSPS) is 14.0. The van der Waals surface area contributed by atoms with Gasteiger partial charge in [0.15, 0.2) is 0 Å². The monoisotopic (exact) mass is 459 g/mol. The summed E-state index contributed by atoms with van der Waals surface area (Å²) >= 11 is 1.62. The molecular formula is C26H25N3O3S. The third kappa shape index (κ3) is 4.16. The van der Waals surface area contributed by atoms with Crippen LogP contribution in [0, 0.1) is 6.92 Å². The second kappa shape index (κ2) is 8.83. The van der Waals surface area contributed by atoms with Crippen molar-refractivity contribution in [2.45, 2.75) is 45.6 Å². The van der Waals surface area contributed by atoms with Gasteiger partial charge >= 0.3 is 0 Å². The summed E-state index contributed by atoms with van der Waals surface area (Å²) < 4.78 is 7.32. The fraction of sp³-hybridized carbons (Fsp3) is 0.269. The first-order valence-electron chi connectivity index (χ1n) is 11.2. The summed E-state index contributed by atoms with van der Waals surface area (Å²) in [5, 5.41) is 3.61. The summed E-state index contributed by atoms with van der Waals surface area (Å²) in [7, 11) is 0. The zero-order chi connectivity index (χ0) is 22.9. The van der Waals surface area contributed by atoms with Crippen LogP contribution < -0.4 is 15.6 Å². The van der Waals surface area contributed by atoms with Crippen LogP contribution in [0.2, 0.25) is 0 Å². The molecule has 1 unspecified atom stereocenters. The van der Waals surface area contributed by atoms with Gasteiger partial charge in [0, 0.05) is 10.6 Å². The number of thiophene rings is 1. The summed E-state index contributed by atoms with van der Waals surface area (Å²) in [6.45, 7) is 3.53. The SMILES string of the molecule is Cc1nc2sc3c(c2c(=O)n1C(C)C(=O)Nc1ccc(Oc2ccccc2)cc1)CCCC3. The lowest BCUT2D eigenvalue weighted by molar-refractivity contribution is -0.118. The quantitative estimate of drug-likeness (QED) is 0.419. The number of fused-ring (bicyclic) bond motifs is 3. The van der Waals surface area contributed by atoms with Gasteiger partial charge in [-0.2, -0.15) is 0 Å². The molecule has 1 amide bonds. The molecule has 1 N–H and O–H groups in total. The van der Waals surface area contributed by atoms with Gasteiger partial charge in [-0.1, -0.05) is 18.2 Å². The number of aromatic nitrogens is 2. The molecule has 2 aromatic carbocycles. The van der Waals surface area contributed by atoms with Crippen LogP contribution in [-0.4, -0.2) is 15.5 Å². The number of hydrogen-bond acceptors (Lipinski definition) is 5. The predicted molar refractivity (Wildman–Crippen MR) is 132 cm³/mol. The molecule has 2 aromatic heterocycles. The number of aryl methyl sites for hydroxylation is 3. The minimum absolute atomic E-state index is 0.119. The number of carbonyl (C=O) groups is 1. The van der Waals surface area contributed by atoms with Gasteiger partial charge in [0.1, 0.15) is 28.2 Å². The second-order valence-corrected chi connectivity index (χ2v) is 9.41. The van der Waals surface area contributed by atoms with E-state index in [2.05, 4.69) is 10.3 Å². The first-order valence-corrected chi connectivity index (χ1v) is 12.0. The number of nitrogens with one attached hydrogen (secondary N) is 1. The van der Waals surface area contributed by atoms with E-state index < -0.39 is 6.04 Å². The van der Waals surface area contributed by atoms with Crippen LogP contribution in [-0.2, 0) is 17.6 Å². The van der Waals surface area contributed by atoms with E-state index in [9.17, 15) is 9.59 Å². The molecule has 0 saturated heterocycles. The highest BCUT2D eigenvalue weighted by Crippen LogP contribution is 2.34. The number of amides is 1. The lowest BCUT2D eigenvalue weighted by atomic mass is 9.97. The first kappa shape index (κ1) is 21.4. The number of rotatable bonds is 5. The van der Waals surface area contributed by atoms with Gasteiger partial charge in [-0.3, -0.25) is 14.2 Å². The summed E-state index contributed by atoms with van der Waals surface area (Å²) in [6, 6.07) is 16.0. The van der Waals surface area contributed by atoms with Crippen LogP contribution in [0.15, 0.2) is 59.4 Å². The van der Waals surface area contributed by atoms with Crippen molar-refractivity contribution in [2.75, 3.05) is 5.32 Å². The molecule has 1 aliphatic carbocycles. The van der Waals surface area contributed by atoms with Gasteiger partial charge < -0.3 is 10.1 Å². The van der Waals surface area contributed by atoms with E-state index in [4.69, 9.17) is 4.74 Å². The highest BCUT2D eigenvalue weighted by Gasteiger charge is 2.25. The van der Waals surface area contributed by atoms with Crippen molar-refractivity contribution in [3.63, 3.8) is 0 Å². The van der Waals surface area contributed by atoms with Crippen molar-refractivity contribution in [1.82, 2.24) is 9.55 Å². The molecule has 0 aliphatic heterocycles. The minimum Gasteiger partial charge on any atom is -0.457 e. The van der Waals surface area contributed by atoms with Gasteiger partial charge in [0.2, 0.25) is 5.91 Å². The maximum atomic E-state index is 13.4. The average molecular weight is 460 g/mol. The topological polar surface area (TPSA) is 73.2 Å². The van der Waals surface area contributed by atoms with Crippen molar-refractivity contribution in [2.24, 2.45) is 0 Å². The Balaban J connectivity index is 1.37. The highest BCUT2D eigenvalue weighted by molar-refractivity contribution is 7.18. The molecule has 168 valence electrons. The Morgan fingerprint density at radius 1 is 1.06 bits per heavy atom. The van der Waals surface area contributed by atoms with Crippen LogP contribution in [0.3, 0.4) is 0 Å². The van der Waals surface area contributed by atoms with E-state index in [1.165, 1.54) is 9.44 Å². The lowest BCUT2D eigenvalue weighted by Gasteiger charge is -2.18. The largest absolute Gasteiger partial charge is 0.457 e. The Labute approximate surface area is 195 Å². The van der Waals surface area contributed by atoms with Crippen LogP contribution in [0.25, 0.3) is 10.2 Å². The Morgan fingerprint density at radius 3 is 2.52 bits per heavy atom. The molecule has 0 saturated carbocycles. The maximum Gasteiger partial charge on any atom is 0.263 e. The summed E-state index contributed by atoms with van der Waals surface area (Å²) in [5.74, 6) is 1.72. The molecule has 0 spiro atoms. The second-order valence-electron chi connectivity index (χ2n) is 8.33. The van der Waals surface area contributed by atoms with Gasteiger partial charge in [0.05, 0.1) is 5.39 Å². The van der Waals surface area contributed by atoms with Crippen LogP contribution in [0.4, 0.5) is 5.69 Å². The molecule has 1 aliphatic rings. The molecule has 5 rings (SSSR count). The number of ether oxygens (including phenoxy) is 1. The van der Waals surface area contributed by atoms with Crippen molar-refractivity contribution in [3.05, 3.63) is 81.2 Å². The Morgan fingerprint density at radius 2 is 1.76 bits per heavy atom.